The predicted octanol–water partition coefficient (Wildman–Crippen LogP) is 3.16. The van der Waals surface area contributed by atoms with Crippen LogP contribution in [0.1, 0.15) is 59.8 Å². The largest absolute Gasteiger partial charge is 0.451 e. The minimum atomic E-state index is -1.03. The summed E-state index contributed by atoms with van der Waals surface area (Å²) in [5, 5.41) is 10.2. The van der Waals surface area contributed by atoms with E-state index in [-0.39, 0.29) is 34.7 Å². The Morgan fingerprint density at radius 1 is 1.21 bits per heavy atom. The van der Waals surface area contributed by atoms with E-state index in [0.717, 1.165) is 30.4 Å². The molecule has 0 bridgehead atoms. The van der Waals surface area contributed by atoms with Crippen molar-refractivity contribution in [1.29, 1.82) is 0 Å². The summed E-state index contributed by atoms with van der Waals surface area (Å²) in [5.74, 6) is 0.433. The lowest BCUT2D eigenvalue weighted by atomic mass is 9.51. The van der Waals surface area contributed by atoms with Crippen LogP contribution in [0, 0.1) is 29.1 Å². The molecule has 5 nitrogen and oxygen atoms in total. The first kappa shape index (κ1) is 19.6. The topological polar surface area (TPSA) is 80.7 Å². The maximum absolute atomic E-state index is 12.7. The van der Waals surface area contributed by atoms with Crippen molar-refractivity contribution < 1.29 is 24.2 Å². The summed E-state index contributed by atoms with van der Waals surface area (Å²) < 4.78 is 5.77. The molecule has 0 unspecified atom stereocenters. The summed E-state index contributed by atoms with van der Waals surface area (Å²) in [5.41, 5.74) is 0.778. The van der Waals surface area contributed by atoms with Gasteiger partial charge in [0.15, 0.2) is 17.2 Å². The number of Topliss-reactive ketones (excluding diaryl/α,β-unsaturated/α-hetero) is 1. The first-order chi connectivity index (χ1) is 13.1. The Balaban J connectivity index is 1.75. The van der Waals surface area contributed by atoms with Crippen molar-refractivity contribution in [3.05, 3.63) is 23.3 Å². The maximum atomic E-state index is 12.7. The molecule has 2 saturated carbocycles. The van der Waals surface area contributed by atoms with Gasteiger partial charge in [-0.1, -0.05) is 18.6 Å². The lowest BCUT2D eigenvalue weighted by molar-refractivity contribution is -0.184. The first-order valence-electron chi connectivity index (χ1n) is 10.4. The van der Waals surface area contributed by atoms with E-state index in [9.17, 15) is 19.5 Å². The van der Waals surface area contributed by atoms with Gasteiger partial charge >= 0.3 is 5.97 Å². The van der Waals surface area contributed by atoms with E-state index in [0.29, 0.717) is 18.8 Å². The Morgan fingerprint density at radius 3 is 2.57 bits per heavy atom. The number of rotatable bonds is 2. The number of esters is 1. The van der Waals surface area contributed by atoms with Gasteiger partial charge < -0.3 is 9.84 Å². The second-order valence-corrected chi connectivity index (χ2v) is 9.53. The molecule has 1 N–H and O–H groups in total. The quantitative estimate of drug-likeness (QED) is 0.738. The van der Waals surface area contributed by atoms with Crippen molar-refractivity contribution >= 4 is 17.5 Å². The predicted molar refractivity (Wildman–Crippen MR) is 103 cm³/mol. The molecule has 0 aromatic carbocycles. The fourth-order valence-electron chi connectivity index (χ4n) is 7.03. The molecule has 0 spiro atoms. The normalized spacial score (nSPS) is 44.6. The van der Waals surface area contributed by atoms with Gasteiger partial charge in [-0.15, -0.1) is 0 Å². The van der Waals surface area contributed by atoms with E-state index < -0.39 is 17.7 Å². The standard InChI is InChI=1S/C23H30O5/c1-12-9-18-15(17-11-21(27)20(26)10-16(12)17)5-7-22(4)19(18)6-8-23(22,13(2)24)28-14(3)25/h9-10,15,17-19,21,27H,5-8,11H2,1-4H3/t15-,17-,18-,19+,21-,22+,23+/m1/s1. The van der Waals surface area contributed by atoms with E-state index in [2.05, 4.69) is 13.0 Å². The molecule has 0 radical (unpaired) electrons. The number of hydrogen-bond donors (Lipinski definition) is 1. The number of allylic oxidation sites excluding steroid dienone is 3. The van der Waals surface area contributed by atoms with Crippen molar-refractivity contribution in [1.82, 2.24) is 0 Å². The zero-order valence-corrected chi connectivity index (χ0v) is 17.2. The lowest BCUT2D eigenvalue weighted by Gasteiger charge is -2.54. The second kappa shape index (κ2) is 6.38. The van der Waals surface area contributed by atoms with Gasteiger partial charge in [-0.2, -0.15) is 0 Å². The van der Waals surface area contributed by atoms with Crippen molar-refractivity contribution in [2.75, 3.05) is 0 Å². The summed E-state index contributed by atoms with van der Waals surface area (Å²) >= 11 is 0. The third-order valence-corrected chi connectivity index (χ3v) is 8.31. The van der Waals surface area contributed by atoms with Gasteiger partial charge in [-0.25, -0.2) is 0 Å². The fourth-order valence-corrected chi connectivity index (χ4v) is 7.03. The number of carbonyl (C=O) groups is 3. The van der Waals surface area contributed by atoms with Crippen LogP contribution in [0.25, 0.3) is 0 Å². The molecule has 4 aliphatic rings. The monoisotopic (exact) mass is 386 g/mol. The van der Waals surface area contributed by atoms with Crippen LogP contribution in [-0.2, 0) is 19.1 Å². The van der Waals surface area contributed by atoms with E-state index >= 15 is 0 Å². The molecule has 0 aliphatic heterocycles. The zero-order valence-electron chi connectivity index (χ0n) is 17.2. The van der Waals surface area contributed by atoms with Crippen LogP contribution in [0.4, 0.5) is 0 Å². The second-order valence-electron chi connectivity index (χ2n) is 9.53. The summed E-state index contributed by atoms with van der Waals surface area (Å²) in [6.45, 7) is 7.11. The molecule has 152 valence electrons. The highest BCUT2D eigenvalue weighted by atomic mass is 16.6. The Hall–Kier alpha value is -1.75. The SMILES string of the molecule is CC(=O)O[C@]1(C(C)=O)CC[C@H]2[C@@H]3C=C(C)C4=CC(=O)[C@H](O)C[C@@H]4[C@H]3CC[C@@]21C. The van der Waals surface area contributed by atoms with Crippen LogP contribution < -0.4 is 0 Å². The lowest BCUT2D eigenvalue weighted by Crippen LogP contribution is -2.57. The molecule has 0 saturated heterocycles. The highest BCUT2D eigenvalue weighted by Crippen LogP contribution is 2.65. The maximum Gasteiger partial charge on any atom is 0.303 e. The molecule has 5 heteroatoms. The molecule has 0 aromatic rings. The van der Waals surface area contributed by atoms with Crippen LogP contribution in [0.15, 0.2) is 23.3 Å². The molecule has 0 heterocycles. The molecule has 7 atom stereocenters. The van der Waals surface area contributed by atoms with Gasteiger partial charge in [-0.05, 0) is 81.3 Å². The fraction of sp³-hybridized carbons (Fsp3) is 0.696. The highest BCUT2D eigenvalue weighted by molar-refractivity contribution is 5.95. The minimum absolute atomic E-state index is 0.0538. The van der Waals surface area contributed by atoms with Crippen molar-refractivity contribution in [2.45, 2.75) is 71.5 Å². The van der Waals surface area contributed by atoms with Crippen LogP contribution in [-0.4, -0.2) is 34.3 Å². The molecule has 2 fully saturated rings. The third kappa shape index (κ3) is 2.51. The summed E-state index contributed by atoms with van der Waals surface area (Å²) in [7, 11) is 0. The van der Waals surface area contributed by atoms with Gasteiger partial charge in [0.25, 0.3) is 0 Å². The van der Waals surface area contributed by atoms with E-state index in [1.54, 1.807) is 13.0 Å². The number of hydrogen-bond acceptors (Lipinski definition) is 5. The summed E-state index contributed by atoms with van der Waals surface area (Å²) in [6, 6.07) is 0. The van der Waals surface area contributed by atoms with Gasteiger partial charge in [0.2, 0.25) is 0 Å². The molecule has 4 rings (SSSR count). The number of ketones is 2. The van der Waals surface area contributed by atoms with E-state index in [4.69, 9.17) is 4.74 Å². The van der Waals surface area contributed by atoms with E-state index in [1.807, 2.05) is 6.92 Å². The molecule has 28 heavy (non-hydrogen) atoms. The molecule has 0 amide bonds. The number of ether oxygens (including phenoxy) is 1. The van der Waals surface area contributed by atoms with Crippen LogP contribution in [0.5, 0.6) is 0 Å². The van der Waals surface area contributed by atoms with Gasteiger partial charge in [0.05, 0.1) is 0 Å². The highest BCUT2D eigenvalue weighted by Gasteiger charge is 2.66. The summed E-state index contributed by atoms with van der Waals surface area (Å²) in [6.07, 6.45) is 6.64. The van der Waals surface area contributed by atoms with Crippen LogP contribution in [0.2, 0.25) is 0 Å². The average Bonchev–Trinajstić information content (AvgIpc) is 2.90. The number of fused-ring (bicyclic) bond motifs is 5. The van der Waals surface area contributed by atoms with Crippen LogP contribution >= 0.6 is 0 Å². The zero-order chi connectivity index (χ0) is 20.4. The summed E-state index contributed by atoms with van der Waals surface area (Å²) in [4.78, 5) is 36.6. The van der Waals surface area contributed by atoms with Crippen molar-refractivity contribution in [3.63, 3.8) is 0 Å². The Morgan fingerprint density at radius 2 is 1.93 bits per heavy atom. The smallest absolute Gasteiger partial charge is 0.303 e. The van der Waals surface area contributed by atoms with Gasteiger partial charge in [0, 0.05) is 12.3 Å². The van der Waals surface area contributed by atoms with Gasteiger partial charge in [-0.3, -0.25) is 14.4 Å². The number of aliphatic hydroxyl groups is 1. The molecule has 4 aliphatic carbocycles. The molecular formula is C23H30O5. The first-order valence-corrected chi connectivity index (χ1v) is 10.4. The van der Waals surface area contributed by atoms with Gasteiger partial charge in [0.1, 0.15) is 6.10 Å². The Bertz CT molecular complexity index is 808. The van der Waals surface area contributed by atoms with Crippen LogP contribution in [0.3, 0.4) is 0 Å². The van der Waals surface area contributed by atoms with Crippen molar-refractivity contribution in [3.8, 4) is 0 Å². The minimum Gasteiger partial charge on any atom is -0.451 e. The Labute approximate surface area is 166 Å². The average molecular weight is 386 g/mol. The molecule has 0 aromatic heterocycles. The molecular weight excluding hydrogens is 356 g/mol. The Kier molecular flexibility index (Phi) is 4.46. The number of aliphatic hydroxyl groups excluding tert-OH is 1. The van der Waals surface area contributed by atoms with Crippen molar-refractivity contribution in [2.24, 2.45) is 29.1 Å². The van der Waals surface area contributed by atoms with E-state index in [1.165, 1.54) is 6.92 Å². The third-order valence-electron chi connectivity index (χ3n) is 8.31. The number of carbonyl (C=O) groups excluding carboxylic acids is 3.